The van der Waals surface area contributed by atoms with E-state index in [9.17, 15) is 14.4 Å². The molecule has 0 aliphatic carbocycles. The number of aromatic nitrogens is 4. The van der Waals surface area contributed by atoms with Crippen LogP contribution in [0.15, 0.2) is 44.4 Å². The van der Waals surface area contributed by atoms with Crippen molar-refractivity contribution in [3.05, 3.63) is 67.2 Å². The molecule has 4 rings (SSSR count). The molecule has 0 aliphatic rings. The number of benzene rings is 2. The summed E-state index contributed by atoms with van der Waals surface area (Å²) < 4.78 is 11.5. The first-order valence-electron chi connectivity index (χ1n) is 8.05. The average molecular weight is 436 g/mol. The Morgan fingerprint density at radius 1 is 1.17 bits per heavy atom. The second-order valence-electron chi connectivity index (χ2n) is 5.94. The van der Waals surface area contributed by atoms with Crippen LogP contribution >= 0.6 is 23.2 Å². The van der Waals surface area contributed by atoms with E-state index in [1.54, 1.807) is 25.2 Å². The number of rotatable bonds is 4. The third-order valence-electron chi connectivity index (χ3n) is 4.01. The molecule has 0 atom stereocenters. The third kappa shape index (κ3) is 3.62. The zero-order valence-corrected chi connectivity index (χ0v) is 16.1. The lowest BCUT2D eigenvalue weighted by Gasteiger charge is -2.12. The summed E-state index contributed by atoms with van der Waals surface area (Å²) in [6.45, 7) is 0. The van der Waals surface area contributed by atoms with Gasteiger partial charge in [0.25, 0.3) is 5.91 Å². The number of aromatic amines is 2. The number of halogens is 2. The number of carbonyl (C=O) groups excluding carboxylic acids is 1. The molecule has 0 saturated carbocycles. The van der Waals surface area contributed by atoms with Gasteiger partial charge in [-0.1, -0.05) is 23.2 Å². The van der Waals surface area contributed by atoms with Gasteiger partial charge in [-0.05, 0) is 29.4 Å². The van der Waals surface area contributed by atoms with Gasteiger partial charge < -0.3 is 15.0 Å². The Morgan fingerprint density at radius 3 is 2.55 bits per heavy atom. The molecule has 4 aromatic rings. The van der Waals surface area contributed by atoms with Crippen molar-refractivity contribution in [2.24, 2.45) is 7.05 Å². The number of ether oxygens (including phenoxy) is 1. The second kappa shape index (κ2) is 7.15. The molecule has 0 bridgehead atoms. The quantitative estimate of drug-likeness (QED) is 0.450. The van der Waals surface area contributed by atoms with Crippen LogP contribution in [0.1, 0.15) is 10.6 Å². The predicted molar refractivity (Wildman–Crippen MR) is 105 cm³/mol. The van der Waals surface area contributed by atoms with Crippen molar-refractivity contribution in [1.82, 2.24) is 19.7 Å². The van der Waals surface area contributed by atoms with E-state index in [0.29, 0.717) is 16.8 Å². The summed E-state index contributed by atoms with van der Waals surface area (Å²) >= 11 is 12.5. The Bertz CT molecular complexity index is 1340. The van der Waals surface area contributed by atoms with Gasteiger partial charge >= 0.3 is 11.4 Å². The van der Waals surface area contributed by atoms with Crippen LogP contribution in [0.3, 0.4) is 0 Å². The fraction of sp³-hybridized carbons (Fsp3) is 0.0588. The number of imidazole rings is 1. The van der Waals surface area contributed by atoms with Crippen molar-refractivity contribution in [2.75, 3.05) is 5.32 Å². The first-order chi connectivity index (χ1) is 13.8. The highest BCUT2D eigenvalue weighted by Crippen LogP contribution is 2.39. The molecule has 3 N–H and O–H groups in total. The Labute approximate surface area is 171 Å². The number of hydrogen-bond acceptors (Lipinski definition) is 6. The number of nitrogens with one attached hydrogen (secondary N) is 3. The summed E-state index contributed by atoms with van der Waals surface area (Å²) in [5.74, 6) is -1.29. The molecule has 0 aliphatic heterocycles. The number of nitrogens with zero attached hydrogens (tertiary/aromatic N) is 2. The molecule has 0 spiro atoms. The standard InChI is InChI=1S/C17H11Cl2N5O5/c1-24-12-6-8(2-3-11(12)21-16(24)26)28-13-9(18)4-7(5-10(13)19)20-15(25)14-22-17(27)29-23-14/h2-6H,1H3,(H,20,25)(H,21,26)(H,22,23,27). The van der Waals surface area contributed by atoms with Gasteiger partial charge in [0.15, 0.2) is 5.75 Å². The van der Waals surface area contributed by atoms with Gasteiger partial charge in [-0.15, -0.1) is 0 Å². The first-order valence-corrected chi connectivity index (χ1v) is 8.80. The third-order valence-corrected chi connectivity index (χ3v) is 4.57. The van der Waals surface area contributed by atoms with Crippen molar-refractivity contribution in [1.29, 1.82) is 0 Å². The molecular weight excluding hydrogens is 425 g/mol. The number of hydrogen-bond donors (Lipinski definition) is 3. The van der Waals surface area contributed by atoms with E-state index in [-0.39, 0.29) is 33.0 Å². The largest absolute Gasteiger partial charge is 0.454 e. The van der Waals surface area contributed by atoms with Crippen LogP contribution in [0.5, 0.6) is 11.5 Å². The SMILES string of the molecule is Cn1c(=O)[nH]c2ccc(Oc3c(Cl)cc(NC(=O)c4noc(=O)[nH]4)cc3Cl)cc21. The van der Waals surface area contributed by atoms with Crippen LogP contribution in [0, 0.1) is 0 Å². The summed E-state index contributed by atoms with van der Waals surface area (Å²) in [5.41, 5.74) is 1.31. The van der Waals surface area contributed by atoms with E-state index in [2.05, 4.69) is 25.0 Å². The van der Waals surface area contributed by atoms with Crippen LogP contribution in [0.25, 0.3) is 11.0 Å². The molecule has 1 amide bonds. The Kier molecular flexibility index (Phi) is 4.65. The van der Waals surface area contributed by atoms with Crippen LogP contribution in [0.2, 0.25) is 10.0 Å². The maximum atomic E-state index is 12.0. The number of H-pyrrole nitrogens is 2. The number of anilines is 1. The van der Waals surface area contributed by atoms with E-state index < -0.39 is 11.7 Å². The average Bonchev–Trinajstić information content (AvgIpc) is 3.22. The van der Waals surface area contributed by atoms with Gasteiger partial charge in [0.05, 0.1) is 21.1 Å². The number of aryl methyl sites for hydroxylation is 1. The van der Waals surface area contributed by atoms with Crippen LogP contribution in [-0.4, -0.2) is 25.6 Å². The van der Waals surface area contributed by atoms with Crippen molar-refractivity contribution in [2.45, 2.75) is 0 Å². The molecule has 0 radical (unpaired) electrons. The highest BCUT2D eigenvalue weighted by atomic mass is 35.5. The van der Waals surface area contributed by atoms with E-state index in [1.165, 1.54) is 16.7 Å². The zero-order valence-electron chi connectivity index (χ0n) is 14.6. The molecular formula is C17H11Cl2N5O5. The van der Waals surface area contributed by atoms with E-state index in [0.717, 1.165) is 0 Å². The minimum Gasteiger partial charge on any atom is -0.454 e. The summed E-state index contributed by atoms with van der Waals surface area (Å²) in [6.07, 6.45) is 0. The van der Waals surface area contributed by atoms with E-state index in [4.69, 9.17) is 27.9 Å². The van der Waals surface area contributed by atoms with Crippen molar-refractivity contribution < 1.29 is 14.1 Å². The summed E-state index contributed by atoms with van der Waals surface area (Å²) in [4.78, 5) is 39.5. The summed E-state index contributed by atoms with van der Waals surface area (Å²) in [6, 6.07) is 7.85. The molecule has 29 heavy (non-hydrogen) atoms. The molecule has 0 fully saturated rings. The lowest BCUT2D eigenvalue weighted by atomic mass is 10.2. The monoisotopic (exact) mass is 435 g/mol. The van der Waals surface area contributed by atoms with Gasteiger partial charge in [0.2, 0.25) is 5.82 Å². The fourth-order valence-electron chi connectivity index (χ4n) is 2.63. The van der Waals surface area contributed by atoms with Gasteiger partial charge in [-0.25, -0.2) is 9.59 Å². The fourth-order valence-corrected chi connectivity index (χ4v) is 3.20. The molecule has 0 saturated heterocycles. The maximum Gasteiger partial charge on any atom is 0.439 e. The highest BCUT2D eigenvalue weighted by Gasteiger charge is 2.16. The highest BCUT2D eigenvalue weighted by molar-refractivity contribution is 6.37. The molecule has 2 heterocycles. The maximum absolute atomic E-state index is 12.0. The van der Waals surface area contributed by atoms with Gasteiger partial charge in [-0.2, -0.15) is 0 Å². The molecule has 148 valence electrons. The smallest absolute Gasteiger partial charge is 0.439 e. The van der Waals surface area contributed by atoms with Crippen molar-refractivity contribution in [3.63, 3.8) is 0 Å². The Balaban J connectivity index is 1.60. The lowest BCUT2D eigenvalue weighted by molar-refractivity contribution is 0.101. The van der Waals surface area contributed by atoms with Gasteiger partial charge in [0, 0.05) is 18.8 Å². The molecule has 10 nitrogen and oxygen atoms in total. The topological polar surface area (TPSA) is 135 Å². The zero-order chi connectivity index (χ0) is 20.7. The minimum atomic E-state index is -0.855. The second-order valence-corrected chi connectivity index (χ2v) is 6.75. The predicted octanol–water partition coefficient (Wildman–Crippen LogP) is 2.89. The molecule has 0 unspecified atom stereocenters. The Hall–Kier alpha value is -3.50. The van der Waals surface area contributed by atoms with Gasteiger partial charge in [0.1, 0.15) is 5.75 Å². The van der Waals surface area contributed by atoms with Crippen LogP contribution in [0.4, 0.5) is 5.69 Å². The molecule has 12 heteroatoms. The van der Waals surface area contributed by atoms with Crippen LogP contribution < -0.4 is 21.5 Å². The number of fused-ring (bicyclic) bond motifs is 1. The van der Waals surface area contributed by atoms with Crippen molar-refractivity contribution >= 4 is 45.8 Å². The van der Waals surface area contributed by atoms with Gasteiger partial charge in [-0.3, -0.25) is 18.9 Å². The Morgan fingerprint density at radius 2 is 1.90 bits per heavy atom. The van der Waals surface area contributed by atoms with Crippen molar-refractivity contribution in [3.8, 4) is 11.5 Å². The summed E-state index contributed by atoms with van der Waals surface area (Å²) in [5, 5.41) is 6.03. The summed E-state index contributed by atoms with van der Waals surface area (Å²) in [7, 11) is 1.63. The number of amides is 1. The lowest BCUT2D eigenvalue weighted by Crippen LogP contribution is -2.14. The molecule has 2 aromatic carbocycles. The number of carbonyl (C=O) groups is 1. The minimum absolute atomic E-state index is 0.129. The molecule has 2 aromatic heterocycles. The van der Waals surface area contributed by atoms with E-state index in [1.807, 2.05) is 0 Å². The normalized spacial score (nSPS) is 11.0. The first kappa shape index (κ1) is 18.8. The van der Waals surface area contributed by atoms with Crippen LogP contribution in [-0.2, 0) is 7.05 Å². The van der Waals surface area contributed by atoms with E-state index >= 15 is 0 Å².